The summed E-state index contributed by atoms with van der Waals surface area (Å²) in [7, 11) is 0. The maximum absolute atomic E-state index is 4.76. The highest BCUT2D eigenvalue weighted by molar-refractivity contribution is 9.09. The molecule has 0 atom stereocenters. The first kappa shape index (κ1) is 14.1. The summed E-state index contributed by atoms with van der Waals surface area (Å²) in [5, 5.41) is 5.80. The second kappa shape index (κ2) is 7.29. The Morgan fingerprint density at radius 1 is 1.39 bits per heavy atom. The Labute approximate surface area is 119 Å². The van der Waals surface area contributed by atoms with Crippen molar-refractivity contribution in [3.8, 4) is 0 Å². The van der Waals surface area contributed by atoms with Gasteiger partial charge in [-0.3, -0.25) is 9.58 Å². The van der Waals surface area contributed by atoms with Gasteiger partial charge in [-0.15, -0.1) is 0 Å². The van der Waals surface area contributed by atoms with E-state index in [-0.39, 0.29) is 0 Å². The van der Waals surface area contributed by atoms with Crippen LogP contribution < -0.4 is 0 Å². The fraction of sp³-hybridized carbons (Fsp3) is 0.786. The lowest BCUT2D eigenvalue weighted by Crippen LogP contribution is -2.25. The van der Waals surface area contributed by atoms with Gasteiger partial charge >= 0.3 is 0 Å². The minimum Gasteiger partial charge on any atom is -0.297 e. The molecule has 0 aliphatic heterocycles. The fourth-order valence-electron chi connectivity index (χ4n) is 2.71. The van der Waals surface area contributed by atoms with Crippen molar-refractivity contribution < 1.29 is 0 Å². The van der Waals surface area contributed by atoms with Gasteiger partial charge in [0.25, 0.3) is 0 Å². The molecule has 102 valence electrons. The Balaban J connectivity index is 1.92. The van der Waals surface area contributed by atoms with Crippen molar-refractivity contribution in [2.75, 3.05) is 18.4 Å². The predicted molar refractivity (Wildman–Crippen MR) is 79.1 cm³/mol. The first-order chi connectivity index (χ1) is 8.83. The molecule has 0 saturated heterocycles. The standard InChI is InChI=1S/C14H24BrN3/c1-2-17(11-9-15)12-13-8-10-18(16-13)14-6-4-3-5-7-14/h8,10,14H,2-7,9,11-12H2,1H3. The summed E-state index contributed by atoms with van der Waals surface area (Å²) in [6.45, 7) is 5.36. The Kier molecular flexibility index (Phi) is 5.70. The van der Waals surface area contributed by atoms with E-state index in [1.165, 1.54) is 37.8 Å². The van der Waals surface area contributed by atoms with E-state index in [1.807, 2.05) is 0 Å². The molecule has 0 radical (unpaired) electrons. The van der Waals surface area contributed by atoms with Crippen LogP contribution >= 0.6 is 15.9 Å². The van der Waals surface area contributed by atoms with Gasteiger partial charge in [0, 0.05) is 24.6 Å². The highest BCUT2D eigenvalue weighted by Crippen LogP contribution is 2.27. The highest BCUT2D eigenvalue weighted by atomic mass is 79.9. The molecule has 3 nitrogen and oxygen atoms in total. The van der Waals surface area contributed by atoms with Crippen molar-refractivity contribution in [3.63, 3.8) is 0 Å². The normalized spacial score (nSPS) is 17.5. The molecule has 1 fully saturated rings. The molecule has 2 rings (SSSR count). The Morgan fingerprint density at radius 2 is 2.17 bits per heavy atom. The number of rotatable bonds is 6. The van der Waals surface area contributed by atoms with E-state index in [4.69, 9.17) is 5.10 Å². The lowest BCUT2D eigenvalue weighted by atomic mass is 9.96. The second-order valence-electron chi connectivity index (χ2n) is 5.14. The van der Waals surface area contributed by atoms with Crippen molar-refractivity contribution in [2.24, 2.45) is 0 Å². The van der Waals surface area contributed by atoms with E-state index < -0.39 is 0 Å². The van der Waals surface area contributed by atoms with Crippen LogP contribution in [0.3, 0.4) is 0 Å². The first-order valence-corrected chi connectivity index (χ1v) is 8.28. The van der Waals surface area contributed by atoms with Gasteiger partial charge in [0.1, 0.15) is 0 Å². The molecule has 0 bridgehead atoms. The number of nitrogens with zero attached hydrogens (tertiary/aromatic N) is 3. The van der Waals surface area contributed by atoms with E-state index in [2.05, 4.69) is 44.7 Å². The molecule has 0 aromatic carbocycles. The molecule has 0 unspecified atom stereocenters. The third kappa shape index (κ3) is 3.82. The summed E-state index contributed by atoms with van der Waals surface area (Å²) in [4.78, 5) is 2.42. The topological polar surface area (TPSA) is 21.1 Å². The minimum absolute atomic E-state index is 0.652. The van der Waals surface area contributed by atoms with Crippen molar-refractivity contribution in [1.82, 2.24) is 14.7 Å². The zero-order chi connectivity index (χ0) is 12.8. The van der Waals surface area contributed by atoms with Gasteiger partial charge in [-0.25, -0.2) is 0 Å². The van der Waals surface area contributed by atoms with Gasteiger partial charge in [-0.1, -0.05) is 42.1 Å². The summed E-state index contributed by atoms with van der Waals surface area (Å²) in [6.07, 6.45) is 8.92. The average molecular weight is 314 g/mol. The fourth-order valence-corrected chi connectivity index (χ4v) is 3.21. The summed E-state index contributed by atoms with van der Waals surface area (Å²) in [6, 6.07) is 2.84. The van der Waals surface area contributed by atoms with Gasteiger partial charge in [0.15, 0.2) is 0 Å². The van der Waals surface area contributed by atoms with Crippen LogP contribution in [0.4, 0.5) is 0 Å². The van der Waals surface area contributed by atoms with Gasteiger partial charge in [-0.2, -0.15) is 5.10 Å². The zero-order valence-electron chi connectivity index (χ0n) is 11.3. The van der Waals surface area contributed by atoms with E-state index in [0.29, 0.717) is 6.04 Å². The van der Waals surface area contributed by atoms with Crippen LogP contribution in [-0.2, 0) is 6.54 Å². The van der Waals surface area contributed by atoms with Crippen LogP contribution in [0.15, 0.2) is 12.3 Å². The molecule has 1 aliphatic carbocycles. The molecule has 4 heteroatoms. The van der Waals surface area contributed by atoms with Crippen molar-refractivity contribution in [2.45, 2.75) is 51.6 Å². The quantitative estimate of drug-likeness (QED) is 0.748. The van der Waals surface area contributed by atoms with Gasteiger partial charge in [-0.05, 0) is 25.5 Å². The maximum Gasteiger partial charge on any atom is 0.0764 e. The Hall–Kier alpha value is -0.350. The molecule has 18 heavy (non-hydrogen) atoms. The molecule has 1 aliphatic rings. The lowest BCUT2D eigenvalue weighted by Gasteiger charge is -2.22. The molecule has 1 aromatic rings. The van der Waals surface area contributed by atoms with Crippen LogP contribution in [0.5, 0.6) is 0 Å². The van der Waals surface area contributed by atoms with E-state index in [9.17, 15) is 0 Å². The van der Waals surface area contributed by atoms with Crippen molar-refractivity contribution in [3.05, 3.63) is 18.0 Å². The maximum atomic E-state index is 4.76. The minimum atomic E-state index is 0.652. The summed E-state index contributed by atoms with van der Waals surface area (Å²) < 4.78 is 2.20. The van der Waals surface area contributed by atoms with Crippen LogP contribution in [0.1, 0.15) is 50.8 Å². The van der Waals surface area contributed by atoms with Gasteiger partial charge in [0.2, 0.25) is 0 Å². The average Bonchev–Trinajstić information content (AvgIpc) is 2.88. The summed E-state index contributed by atoms with van der Waals surface area (Å²) >= 11 is 3.50. The SMILES string of the molecule is CCN(CCBr)Cc1ccn(C2CCCCC2)n1. The molecule has 1 heterocycles. The second-order valence-corrected chi connectivity index (χ2v) is 5.93. The van der Waals surface area contributed by atoms with Crippen LogP contribution in [0.2, 0.25) is 0 Å². The van der Waals surface area contributed by atoms with E-state index in [0.717, 1.165) is 25.0 Å². The molecular formula is C14H24BrN3. The van der Waals surface area contributed by atoms with Crippen molar-refractivity contribution >= 4 is 15.9 Å². The monoisotopic (exact) mass is 313 g/mol. The summed E-state index contributed by atoms with van der Waals surface area (Å²) in [5.41, 5.74) is 1.21. The van der Waals surface area contributed by atoms with Crippen LogP contribution in [0, 0.1) is 0 Å². The van der Waals surface area contributed by atoms with Crippen LogP contribution in [0.25, 0.3) is 0 Å². The number of hydrogen-bond acceptors (Lipinski definition) is 2. The van der Waals surface area contributed by atoms with Crippen LogP contribution in [-0.4, -0.2) is 33.1 Å². The van der Waals surface area contributed by atoms with Gasteiger partial charge < -0.3 is 0 Å². The molecule has 1 saturated carbocycles. The first-order valence-electron chi connectivity index (χ1n) is 7.16. The zero-order valence-corrected chi connectivity index (χ0v) is 12.9. The van der Waals surface area contributed by atoms with Crippen molar-refractivity contribution in [1.29, 1.82) is 0 Å². The largest absolute Gasteiger partial charge is 0.297 e. The van der Waals surface area contributed by atoms with E-state index >= 15 is 0 Å². The van der Waals surface area contributed by atoms with Gasteiger partial charge in [0.05, 0.1) is 11.7 Å². The summed E-state index contributed by atoms with van der Waals surface area (Å²) in [5.74, 6) is 0. The third-order valence-electron chi connectivity index (χ3n) is 3.85. The smallest absolute Gasteiger partial charge is 0.0764 e. The third-order valence-corrected chi connectivity index (χ3v) is 4.20. The molecule has 0 N–H and O–H groups in total. The number of halogens is 1. The lowest BCUT2D eigenvalue weighted by molar-refractivity contribution is 0.288. The van der Waals surface area contributed by atoms with E-state index in [1.54, 1.807) is 0 Å². The molecule has 0 spiro atoms. The molecule has 1 aromatic heterocycles. The predicted octanol–water partition coefficient (Wildman–Crippen LogP) is 3.61. The highest BCUT2D eigenvalue weighted by Gasteiger charge is 2.16. The molecule has 0 amide bonds. The number of hydrogen-bond donors (Lipinski definition) is 0. The number of alkyl halides is 1. The number of aromatic nitrogens is 2. The Morgan fingerprint density at radius 3 is 2.83 bits per heavy atom. The molecular weight excluding hydrogens is 290 g/mol. The Bertz CT molecular complexity index is 345.